The minimum atomic E-state index is -1.03. The van der Waals surface area contributed by atoms with Crippen molar-refractivity contribution in [1.29, 1.82) is 0 Å². The van der Waals surface area contributed by atoms with Gasteiger partial charge in [-0.2, -0.15) is 0 Å². The highest BCUT2D eigenvalue weighted by Gasteiger charge is 2.37. The number of ether oxygens (including phenoxy) is 3. The largest absolute Gasteiger partial charge is 0.461 e. The second kappa shape index (κ2) is 31.2. The molecular weight excluding hydrogens is 763 g/mol. The van der Waals surface area contributed by atoms with Gasteiger partial charge >= 0.3 is 17.9 Å². The normalized spacial score (nSPS) is 16.4. The molecule has 0 aliphatic carbocycles. The fraction of sp³-hybridized carbons (Fsp3) is 0.792. The number of aliphatic hydroxyl groups excluding tert-OH is 3. The van der Waals surface area contributed by atoms with Gasteiger partial charge in [-0.1, -0.05) is 89.3 Å². The van der Waals surface area contributed by atoms with E-state index >= 15 is 0 Å². The van der Waals surface area contributed by atoms with Gasteiger partial charge in [-0.3, -0.25) is 18.9 Å². The molecule has 12 nitrogen and oxygen atoms in total. The second-order valence-corrected chi connectivity index (χ2v) is 19.3. The number of unbranched alkanes of at least 4 members (excludes halogenated alkanes) is 6. The lowest BCUT2D eigenvalue weighted by molar-refractivity contribution is -0.900. The van der Waals surface area contributed by atoms with Gasteiger partial charge < -0.3 is 38.5 Å². The summed E-state index contributed by atoms with van der Waals surface area (Å²) in [6.07, 6.45) is 22.3. The van der Waals surface area contributed by atoms with Crippen LogP contribution in [0.25, 0.3) is 0 Å². The number of esters is 3. The topological polar surface area (TPSA) is 140 Å². The molecule has 0 rings (SSSR count). The van der Waals surface area contributed by atoms with E-state index in [-0.39, 0.29) is 50.6 Å². The first-order valence-electron chi connectivity index (χ1n) is 22.8. The molecule has 12 heteroatoms. The van der Waals surface area contributed by atoms with Crippen molar-refractivity contribution in [3.8, 4) is 0 Å². The molecule has 0 saturated heterocycles. The number of hydrogen-bond donors (Lipinski definition) is 3. The smallest absolute Gasteiger partial charge is 0.310 e. The fourth-order valence-corrected chi connectivity index (χ4v) is 7.42. The maximum absolute atomic E-state index is 12.9. The monoisotopic (exact) mass is 854 g/mol. The third kappa shape index (κ3) is 27.3. The van der Waals surface area contributed by atoms with Gasteiger partial charge in [0.1, 0.15) is 43.9 Å². The molecule has 0 aliphatic heterocycles. The molecule has 0 radical (unpaired) electrons. The molecule has 0 aromatic heterocycles. The third-order valence-electron chi connectivity index (χ3n) is 11.0. The van der Waals surface area contributed by atoms with Crippen LogP contribution >= 0.6 is 0 Å². The molecular formula is C48H91N3O9+4. The lowest BCUT2D eigenvalue weighted by atomic mass is 9.98. The average molecular weight is 854 g/mol. The second-order valence-electron chi connectivity index (χ2n) is 19.3. The van der Waals surface area contributed by atoms with Crippen molar-refractivity contribution in [2.24, 2.45) is 0 Å². The standard InChI is InChI=1S/C48H91N3O9/c1-13-16-19-28-40(49(4,5)6)43(52)31-22-25-34-46(55)58-37-39(60-48(57)36-27-24-33-45(54)42(51(10,11)12)30-21-18-15-3)38-59-47(56)35-26-23-32-44(53)41(50(7,8)9)29-20-17-14-2/h22-28,39-45,52-54H,13-21,29-38H2,1-12H3/q+4/b25-22+,26-23+,27-24+. The van der Waals surface area contributed by atoms with Crippen molar-refractivity contribution in [1.82, 2.24) is 0 Å². The zero-order valence-corrected chi connectivity index (χ0v) is 40.2. The van der Waals surface area contributed by atoms with Gasteiger partial charge in [-0.25, -0.2) is 0 Å². The highest BCUT2D eigenvalue weighted by molar-refractivity contribution is 5.73. The Morgan fingerprint density at radius 1 is 0.517 bits per heavy atom. The zero-order valence-electron chi connectivity index (χ0n) is 40.2. The molecule has 0 spiro atoms. The van der Waals surface area contributed by atoms with Crippen LogP contribution in [0.5, 0.6) is 0 Å². The first-order chi connectivity index (χ1) is 28.1. The van der Waals surface area contributed by atoms with Gasteiger partial charge in [0.05, 0.1) is 89.1 Å². The molecule has 0 aromatic carbocycles. The molecule has 0 aliphatic rings. The lowest BCUT2D eigenvalue weighted by Gasteiger charge is -2.37. The van der Waals surface area contributed by atoms with E-state index in [9.17, 15) is 29.7 Å². The van der Waals surface area contributed by atoms with Gasteiger partial charge in [-0.05, 0) is 32.1 Å². The minimum Gasteiger partial charge on any atom is -0.461 e. The van der Waals surface area contributed by atoms with Crippen LogP contribution in [0.2, 0.25) is 0 Å². The Hall–Kier alpha value is -2.74. The molecule has 0 aromatic rings. The molecule has 3 N–H and O–H groups in total. The number of nitrogens with zero attached hydrogens (tertiary/aromatic N) is 3. The van der Waals surface area contributed by atoms with Crippen LogP contribution in [0.4, 0.5) is 0 Å². The van der Waals surface area contributed by atoms with Crippen molar-refractivity contribution < 1.29 is 57.4 Å². The number of carbonyl (C=O) groups excluding carboxylic acids is 3. The van der Waals surface area contributed by atoms with E-state index in [2.05, 4.69) is 90.6 Å². The summed E-state index contributed by atoms with van der Waals surface area (Å²) in [6.45, 7) is 5.85. The van der Waals surface area contributed by atoms with Crippen LogP contribution in [-0.4, -0.2) is 166 Å². The third-order valence-corrected chi connectivity index (χ3v) is 11.0. The fourth-order valence-electron chi connectivity index (χ4n) is 7.42. The van der Waals surface area contributed by atoms with Gasteiger partial charge in [-0.15, -0.1) is 0 Å². The molecule has 0 heterocycles. The Morgan fingerprint density at radius 2 is 0.900 bits per heavy atom. The summed E-state index contributed by atoms with van der Waals surface area (Å²) in [7, 11) is 18.6. The van der Waals surface area contributed by atoms with Gasteiger partial charge in [0, 0.05) is 19.3 Å². The number of hydrogen-bond acceptors (Lipinski definition) is 9. The van der Waals surface area contributed by atoms with Crippen molar-refractivity contribution in [2.75, 3.05) is 76.6 Å². The molecule has 7 unspecified atom stereocenters. The number of rotatable bonds is 35. The molecule has 60 heavy (non-hydrogen) atoms. The Morgan fingerprint density at radius 3 is 1.27 bits per heavy atom. The number of carbonyl (C=O) groups is 3. The van der Waals surface area contributed by atoms with E-state index in [1.54, 1.807) is 36.5 Å². The lowest BCUT2D eigenvalue weighted by Crippen LogP contribution is -2.51. The van der Waals surface area contributed by atoms with E-state index in [4.69, 9.17) is 14.2 Å². The summed E-state index contributed by atoms with van der Waals surface area (Å²) in [5.41, 5.74) is 0. The van der Waals surface area contributed by atoms with E-state index in [0.717, 1.165) is 70.6 Å². The van der Waals surface area contributed by atoms with Crippen LogP contribution in [-0.2, 0) is 28.6 Å². The molecule has 7 atom stereocenters. The van der Waals surface area contributed by atoms with E-state index < -0.39 is 42.3 Å². The highest BCUT2D eigenvalue weighted by Crippen LogP contribution is 2.21. The average Bonchev–Trinajstić information content (AvgIpc) is 3.15. The molecule has 0 fully saturated rings. The van der Waals surface area contributed by atoms with Crippen molar-refractivity contribution in [2.45, 2.75) is 172 Å². The van der Waals surface area contributed by atoms with Crippen LogP contribution in [0.15, 0.2) is 36.5 Å². The Kier molecular flexibility index (Phi) is 29.7. The van der Waals surface area contributed by atoms with E-state index in [1.807, 2.05) is 0 Å². The maximum atomic E-state index is 12.9. The Labute approximate surface area is 366 Å². The Balaban J connectivity index is 5.49. The first-order valence-corrected chi connectivity index (χ1v) is 22.8. The summed E-state index contributed by atoms with van der Waals surface area (Å²) >= 11 is 0. The minimum absolute atomic E-state index is 0.0300. The summed E-state index contributed by atoms with van der Waals surface area (Å²) in [5, 5.41) is 32.8. The Bertz CT molecular complexity index is 1180. The van der Waals surface area contributed by atoms with Gasteiger partial charge in [0.15, 0.2) is 12.2 Å². The molecule has 0 saturated carbocycles. The van der Waals surface area contributed by atoms with E-state index in [1.165, 1.54) is 0 Å². The molecule has 348 valence electrons. The van der Waals surface area contributed by atoms with Gasteiger partial charge in [0.25, 0.3) is 0 Å². The van der Waals surface area contributed by atoms with Crippen LogP contribution < -0.4 is 0 Å². The van der Waals surface area contributed by atoms with Crippen LogP contribution in [0.1, 0.15) is 130 Å². The van der Waals surface area contributed by atoms with E-state index in [0.29, 0.717) is 32.7 Å². The number of quaternary nitrogens is 3. The van der Waals surface area contributed by atoms with Gasteiger partial charge in [0.2, 0.25) is 6.04 Å². The van der Waals surface area contributed by atoms with Crippen molar-refractivity contribution >= 4 is 17.9 Å². The molecule has 0 amide bonds. The number of aliphatic hydroxyl groups is 3. The maximum Gasteiger partial charge on any atom is 0.310 e. The SMILES string of the molecule is CCCC[CH+]C(C(O)C/C=C/CC(=O)OCC(COC(=O)C/C=C/CC(O)C(CCCCC)[N+](C)(C)C)OC(=O)C/C=C/CC(O)C(CCCCC)[N+](C)(C)C)[N+](C)(C)C. The molecule has 0 bridgehead atoms. The summed E-state index contributed by atoms with van der Waals surface area (Å²) in [6, 6.07) is 0.0808. The summed E-state index contributed by atoms with van der Waals surface area (Å²) in [5.74, 6) is -1.67. The van der Waals surface area contributed by atoms with Crippen LogP contribution in [0.3, 0.4) is 0 Å². The quantitative estimate of drug-likeness (QED) is 0.0156. The van der Waals surface area contributed by atoms with Crippen molar-refractivity contribution in [3.05, 3.63) is 42.9 Å². The van der Waals surface area contributed by atoms with Crippen LogP contribution in [0, 0.1) is 6.42 Å². The number of likely N-dealkylation sites (N-methyl/N-ethyl adjacent to an activating group) is 3. The predicted molar refractivity (Wildman–Crippen MR) is 243 cm³/mol. The van der Waals surface area contributed by atoms with Crippen molar-refractivity contribution in [3.63, 3.8) is 0 Å². The summed E-state index contributed by atoms with van der Waals surface area (Å²) in [4.78, 5) is 38.4. The highest BCUT2D eigenvalue weighted by atomic mass is 16.6. The first kappa shape index (κ1) is 57.3. The zero-order chi connectivity index (χ0) is 45.8. The summed E-state index contributed by atoms with van der Waals surface area (Å²) < 4.78 is 18.4. The predicted octanol–water partition coefficient (Wildman–Crippen LogP) is 6.86.